The molecular formula is CH3CeO2-. The van der Waals surface area contributed by atoms with E-state index >= 15 is 0 Å². The van der Waals surface area contributed by atoms with E-state index < -0.39 is 0 Å². The summed E-state index contributed by atoms with van der Waals surface area (Å²) in [5.41, 5.74) is 0. The van der Waals surface area contributed by atoms with E-state index in [1.165, 1.54) is 0 Å². The average Bonchev–Trinajstić information content (AvgIpc) is 0.918. The Morgan fingerprint density at radius 3 is 1.25 bits per heavy atom. The molecule has 24 valence electrons. The van der Waals surface area contributed by atoms with E-state index in [2.05, 4.69) is 0 Å². The minimum Gasteiger partial charge on any atom is -0.539 e. The third-order valence-electron chi connectivity index (χ3n) is 0. The van der Waals surface area contributed by atoms with Crippen molar-refractivity contribution < 1.29 is 52.0 Å². The Hall–Kier alpha value is 1.30. The third-order valence-corrected chi connectivity index (χ3v) is 0. The van der Waals surface area contributed by atoms with Crippen LogP contribution in [0.2, 0.25) is 0 Å². The summed E-state index contributed by atoms with van der Waals surface area (Å²) in [6.45, 7) is 0. The molecule has 0 saturated heterocycles. The summed E-state index contributed by atoms with van der Waals surface area (Å²) < 4.78 is 0. The van der Waals surface area contributed by atoms with Gasteiger partial charge in [0.1, 0.15) is 0 Å². The first-order chi connectivity index (χ1) is 1.41. The first-order valence-corrected chi connectivity index (χ1v) is 0.516. The molecule has 0 aliphatic rings. The van der Waals surface area contributed by atoms with Gasteiger partial charge >= 0.3 is 0 Å². The van der Waals surface area contributed by atoms with Crippen molar-refractivity contribution in [3.63, 3.8) is 0 Å². The molecule has 0 aromatic rings. The average molecular weight is 187 g/mol. The van der Waals surface area contributed by atoms with Crippen LogP contribution in [0.5, 0.6) is 0 Å². The predicted molar refractivity (Wildman–Crippen MR) is 8.17 cm³/mol. The maximum absolute atomic E-state index is 7.00. The first kappa shape index (κ1) is 9.00. The van der Waals surface area contributed by atoms with Crippen LogP contribution in [-0.2, 0) is 0 Å². The van der Waals surface area contributed by atoms with Crippen molar-refractivity contribution >= 4 is 0 Å². The zero-order valence-electron chi connectivity index (χ0n) is 1.97. The van der Waals surface area contributed by atoms with Gasteiger partial charge in [-0.15, -0.1) is 6.79 Å². The van der Waals surface area contributed by atoms with Crippen LogP contribution in [0, 0.1) is 48.5 Å². The molecule has 0 aromatic heterocycles. The van der Waals surface area contributed by atoms with Crippen LogP contribution in [0.1, 0.15) is 0 Å². The van der Waals surface area contributed by atoms with E-state index in [-0.39, 0.29) is 48.5 Å². The summed E-state index contributed by atoms with van der Waals surface area (Å²) in [5, 5.41) is 14.0. The van der Waals surface area contributed by atoms with E-state index in [1.54, 1.807) is 0 Å². The van der Waals surface area contributed by atoms with Crippen molar-refractivity contribution in [2.45, 2.75) is 0 Å². The molecule has 0 unspecified atom stereocenters. The van der Waals surface area contributed by atoms with Crippen LogP contribution in [0.25, 0.3) is 0 Å². The predicted octanol–water partition coefficient (Wildman–Crippen LogP) is -0.149. The molecule has 0 aliphatic heterocycles. The number of hydrogen-bond acceptors (Lipinski definition) is 2. The number of rotatable bonds is 0. The van der Waals surface area contributed by atoms with Crippen LogP contribution in [0.15, 0.2) is 0 Å². The number of aliphatic hydroxyl groups is 2. The first-order valence-electron chi connectivity index (χ1n) is 0.516. The fraction of sp³-hybridized carbons (Fsp3) is 0. The summed E-state index contributed by atoms with van der Waals surface area (Å²) >= 11 is 0. The van der Waals surface area contributed by atoms with Gasteiger partial charge in [-0.2, -0.15) is 0 Å². The van der Waals surface area contributed by atoms with Gasteiger partial charge in [-0.25, -0.2) is 0 Å². The molecular weight excluding hydrogens is 184 g/mol. The molecule has 3 heteroatoms. The molecule has 0 radical (unpaired) electrons. The van der Waals surface area contributed by atoms with E-state index in [1.807, 2.05) is 0 Å². The normalized spacial score (nSPS) is 4.50. The minimum atomic E-state index is 0. The molecule has 0 aliphatic carbocycles. The second-order valence-corrected chi connectivity index (χ2v) is 0.115. The van der Waals surface area contributed by atoms with Gasteiger partial charge in [0.25, 0.3) is 0 Å². The quantitative estimate of drug-likeness (QED) is 0.518. The van der Waals surface area contributed by atoms with Crippen LogP contribution in [-0.4, -0.2) is 10.2 Å². The molecule has 0 bridgehead atoms. The van der Waals surface area contributed by atoms with Gasteiger partial charge in [-0.1, -0.05) is 0 Å². The van der Waals surface area contributed by atoms with Gasteiger partial charge in [0.15, 0.2) is 0 Å². The second-order valence-electron chi connectivity index (χ2n) is 0.115. The Morgan fingerprint density at radius 2 is 1.25 bits per heavy atom. The van der Waals surface area contributed by atoms with Gasteiger partial charge in [0.05, 0.1) is 0 Å². The van der Waals surface area contributed by atoms with Gasteiger partial charge in [-0.3, -0.25) is 0 Å². The molecule has 0 amide bonds. The van der Waals surface area contributed by atoms with Crippen molar-refractivity contribution in [2.24, 2.45) is 0 Å². The van der Waals surface area contributed by atoms with Gasteiger partial charge in [-0.05, 0) is 0 Å². The summed E-state index contributed by atoms with van der Waals surface area (Å²) in [5.74, 6) is 0. The second kappa shape index (κ2) is 8.85. The summed E-state index contributed by atoms with van der Waals surface area (Å²) in [6, 6.07) is 0. The van der Waals surface area contributed by atoms with Crippen LogP contribution in [0.4, 0.5) is 0 Å². The molecule has 2 N–H and O–H groups in total. The summed E-state index contributed by atoms with van der Waals surface area (Å²) in [6.07, 6.45) is 0. The number of hydrogen-bond donors (Lipinski definition) is 2. The maximum atomic E-state index is 7.00. The van der Waals surface area contributed by atoms with E-state index in [0.29, 0.717) is 0 Å². The maximum Gasteiger partial charge on any atom is 0 e. The van der Waals surface area contributed by atoms with Crippen molar-refractivity contribution in [3.8, 4) is 0 Å². The molecule has 0 fully saturated rings. The standard InChI is InChI=1S/CH3O2.Ce/c2-1-3;/h1-3H;/q-1;. The SMILES string of the molecule is O[CH-]O.[Ce]. The van der Waals surface area contributed by atoms with Crippen LogP contribution in [0.3, 0.4) is 0 Å². The molecule has 0 atom stereocenters. The summed E-state index contributed by atoms with van der Waals surface area (Å²) in [4.78, 5) is 0. The Kier molecular flexibility index (Phi) is 19.9. The molecule has 0 saturated carbocycles. The topological polar surface area (TPSA) is 40.5 Å². The molecule has 0 rings (SSSR count). The largest absolute Gasteiger partial charge is 0.539 e. The molecule has 0 heterocycles. The fourth-order valence-electron chi connectivity index (χ4n) is 0. The van der Waals surface area contributed by atoms with Crippen molar-refractivity contribution in [2.75, 3.05) is 0 Å². The van der Waals surface area contributed by atoms with Gasteiger partial charge in [0.2, 0.25) is 0 Å². The monoisotopic (exact) mass is 187 g/mol. The minimum absolute atomic E-state index is 0. The van der Waals surface area contributed by atoms with Gasteiger partial charge < -0.3 is 10.2 Å². The fourth-order valence-corrected chi connectivity index (χ4v) is 0. The Morgan fingerprint density at radius 1 is 1.25 bits per heavy atom. The van der Waals surface area contributed by atoms with Crippen molar-refractivity contribution in [3.05, 3.63) is 6.79 Å². The van der Waals surface area contributed by atoms with E-state index in [0.717, 1.165) is 0 Å². The molecule has 4 heavy (non-hydrogen) atoms. The Bertz CT molecular complexity index is 6.00. The van der Waals surface area contributed by atoms with Crippen LogP contribution < -0.4 is 0 Å². The molecule has 2 nitrogen and oxygen atoms in total. The van der Waals surface area contributed by atoms with Gasteiger partial charge in [0, 0.05) is 41.7 Å². The summed E-state index contributed by atoms with van der Waals surface area (Å²) in [7, 11) is 0. The smallest absolute Gasteiger partial charge is 0 e. The Balaban J connectivity index is 0. The third kappa shape index (κ3) is 10.3. The van der Waals surface area contributed by atoms with E-state index in [4.69, 9.17) is 10.2 Å². The molecule has 0 aromatic carbocycles. The number of aliphatic hydroxyl groups excluding tert-OH is 1. The zero-order valence-corrected chi connectivity index (χ0v) is 5.11. The van der Waals surface area contributed by atoms with Crippen LogP contribution >= 0.6 is 0 Å². The Labute approximate surface area is 58.2 Å². The van der Waals surface area contributed by atoms with Crippen molar-refractivity contribution in [1.29, 1.82) is 0 Å². The zero-order chi connectivity index (χ0) is 2.71. The van der Waals surface area contributed by atoms with E-state index in [9.17, 15) is 0 Å². The molecule has 0 spiro atoms. The van der Waals surface area contributed by atoms with Crippen molar-refractivity contribution in [1.82, 2.24) is 0 Å².